The first-order valence-electron chi connectivity index (χ1n) is 8.23. The quantitative estimate of drug-likeness (QED) is 0.636. The van der Waals surface area contributed by atoms with Crippen molar-refractivity contribution in [3.05, 3.63) is 53.6 Å². The fourth-order valence-electron chi connectivity index (χ4n) is 2.31. The van der Waals surface area contributed by atoms with Crippen molar-refractivity contribution in [2.24, 2.45) is 5.73 Å². The first kappa shape index (κ1) is 19.3. The van der Waals surface area contributed by atoms with E-state index in [4.69, 9.17) is 15.2 Å². The van der Waals surface area contributed by atoms with Gasteiger partial charge in [0.15, 0.2) is 18.1 Å². The van der Waals surface area contributed by atoms with Gasteiger partial charge in [0.1, 0.15) is 0 Å². The molecule has 7 nitrogen and oxygen atoms in total. The third-order valence-corrected chi connectivity index (χ3v) is 3.56. The molecule has 2 rings (SSSR count). The molecule has 7 heteroatoms. The first-order chi connectivity index (χ1) is 12.5. The van der Waals surface area contributed by atoms with E-state index >= 15 is 0 Å². The van der Waals surface area contributed by atoms with Gasteiger partial charge in [-0.1, -0.05) is 19.1 Å². The lowest BCUT2D eigenvalue weighted by atomic mass is 10.1. The molecule has 0 saturated carbocycles. The Bertz CT molecular complexity index is 777. The Morgan fingerprint density at radius 1 is 1.12 bits per heavy atom. The number of amides is 2. The van der Waals surface area contributed by atoms with Crippen LogP contribution >= 0.6 is 0 Å². The first-order valence-corrected chi connectivity index (χ1v) is 8.23. The molecule has 0 aliphatic rings. The summed E-state index contributed by atoms with van der Waals surface area (Å²) < 4.78 is 10.5. The molecule has 0 aromatic heterocycles. The summed E-state index contributed by atoms with van der Waals surface area (Å²) >= 11 is 0. The van der Waals surface area contributed by atoms with Crippen LogP contribution in [-0.2, 0) is 11.3 Å². The molecule has 2 amide bonds. The number of ether oxygens (including phenoxy) is 2. The normalized spacial score (nSPS) is 10.2. The van der Waals surface area contributed by atoms with Crippen LogP contribution in [0.3, 0.4) is 0 Å². The number of nitrogens with one attached hydrogen (secondary N) is 2. The van der Waals surface area contributed by atoms with Crippen molar-refractivity contribution in [3.8, 4) is 11.5 Å². The Labute approximate surface area is 152 Å². The van der Waals surface area contributed by atoms with Crippen molar-refractivity contribution in [1.29, 1.82) is 0 Å². The van der Waals surface area contributed by atoms with Gasteiger partial charge < -0.3 is 25.8 Å². The highest BCUT2D eigenvalue weighted by molar-refractivity contribution is 6.04. The zero-order chi connectivity index (χ0) is 18.9. The summed E-state index contributed by atoms with van der Waals surface area (Å²) in [5, 5.41) is 6.10. The SMILES string of the molecule is CCNCc1cccc(NC(=O)c2ccc(OCC(N)=O)c(OC)c2)c1. The number of anilines is 1. The number of methoxy groups -OCH3 is 1. The van der Waals surface area contributed by atoms with Gasteiger partial charge in [0.05, 0.1) is 7.11 Å². The molecule has 26 heavy (non-hydrogen) atoms. The lowest BCUT2D eigenvalue weighted by Crippen LogP contribution is -2.20. The zero-order valence-electron chi connectivity index (χ0n) is 14.9. The maximum atomic E-state index is 12.5. The molecule has 0 saturated heterocycles. The average molecular weight is 357 g/mol. The minimum atomic E-state index is -0.591. The van der Waals surface area contributed by atoms with Crippen LogP contribution < -0.4 is 25.8 Å². The number of carbonyl (C=O) groups is 2. The second-order valence-electron chi connectivity index (χ2n) is 5.56. The van der Waals surface area contributed by atoms with Crippen LogP contribution in [0.5, 0.6) is 11.5 Å². The van der Waals surface area contributed by atoms with E-state index < -0.39 is 5.91 Å². The van der Waals surface area contributed by atoms with Crippen LogP contribution in [0, 0.1) is 0 Å². The molecule has 2 aromatic carbocycles. The van der Waals surface area contributed by atoms with Gasteiger partial charge in [-0.25, -0.2) is 0 Å². The molecular weight excluding hydrogens is 334 g/mol. The summed E-state index contributed by atoms with van der Waals surface area (Å²) in [5.41, 5.74) is 7.26. The second kappa shape index (κ2) is 9.43. The summed E-state index contributed by atoms with van der Waals surface area (Å²) in [6.07, 6.45) is 0. The van der Waals surface area contributed by atoms with E-state index in [1.165, 1.54) is 7.11 Å². The monoisotopic (exact) mass is 357 g/mol. The molecule has 0 fully saturated rings. The third-order valence-electron chi connectivity index (χ3n) is 3.56. The van der Waals surface area contributed by atoms with Crippen molar-refractivity contribution in [1.82, 2.24) is 5.32 Å². The van der Waals surface area contributed by atoms with Gasteiger partial charge in [-0.15, -0.1) is 0 Å². The van der Waals surface area contributed by atoms with Crippen molar-refractivity contribution < 1.29 is 19.1 Å². The Balaban J connectivity index is 2.10. The molecule has 0 radical (unpaired) electrons. The maximum absolute atomic E-state index is 12.5. The van der Waals surface area contributed by atoms with E-state index in [0.29, 0.717) is 22.7 Å². The molecule has 0 heterocycles. The Hall–Kier alpha value is -3.06. The van der Waals surface area contributed by atoms with Crippen molar-refractivity contribution in [2.75, 3.05) is 25.6 Å². The molecule has 0 aliphatic carbocycles. The molecule has 0 aliphatic heterocycles. The summed E-state index contributed by atoms with van der Waals surface area (Å²) in [6, 6.07) is 12.3. The van der Waals surface area contributed by atoms with Crippen molar-refractivity contribution >= 4 is 17.5 Å². The summed E-state index contributed by atoms with van der Waals surface area (Å²) in [6.45, 7) is 3.39. The van der Waals surface area contributed by atoms with E-state index in [-0.39, 0.29) is 12.5 Å². The lowest BCUT2D eigenvalue weighted by Gasteiger charge is -2.12. The predicted octanol–water partition coefficient (Wildman–Crippen LogP) is 1.92. The summed E-state index contributed by atoms with van der Waals surface area (Å²) in [5.74, 6) is -0.174. The van der Waals surface area contributed by atoms with Crippen LogP contribution in [0.4, 0.5) is 5.69 Å². The van der Waals surface area contributed by atoms with E-state index in [1.54, 1.807) is 18.2 Å². The molecule has 0 unspecified atom stereocenters. The molecule has 138 valence electrons. The number of benzene rings is 2. The number of primary amides is 1. The molecular formula is C19H23N3O4. The van der Waals surface area contributed by atoms with Gasteiger partial charge in [-0.05, 0) is 42.4 Å². The highest BCUT2D eigenvalue weighted by Gasteiger charge is 2.12. The van der Waals surface area contributed by atoms with Crippen molar-refractivity contribution in [3.63, 3.8) is 0 Å². The van der Waals surface area contributed by atoms with E-state index in [9.17, 15) is 9.59 Å². The van der Waals surface area contributed by atoms with E-state index in [1.807, 2.05) is 31.2 Å². The van der Waals surface area contributed by atoms with Crippen LogP contribution in [0.15, 0.2) is 42.5 Å². The number of nitrogens with two attached hydrogens (primary N) is 1. The number of carbonyl (C=O) groups excluding carboxylic acids is 2. The molecule has 4 N–H and O–H groups in total. The van der Waals surface area contributed by atoms with Gasteiger partial charge in [0.25, 0.3) is 11.8 Å². The van der Waals surface area contributed by atoms with Gasteiger partial charge in [0.2, 0.25) is 0 Å². The van der Waals surface area contributed by atoms with Gasteiger partial charge in [-0.2, -0.15) is 0 Å². The number of rotatable bonds is 9. The van der Waals surface area contributed by atoms with Crippen LogP contribution in [0.1, 0.15) is 22.8 Å². The van der Waals surface area contributed by atoms with Gasteiger partial charge in [0, 0.05) is 17.8 Å². The summed E-state index contributed by atoms with van der Waals surface area (Å²) in [7, 11) is 1.46. The molecule has 0 atom stereocenters. The Morgan fingerprint density at radius 3 is 2.62 bits per heavy atom. The fourth-order valence-corrected chi connectivity index (χ4v) is 2.31. The predicted molar refractivity (Wildman–Crippen MR) is 99.5 cm³/mol. The van der Waals surface area contributed by atoms with Crippen LogP contribution in [0.25, 0.3) is 0 Å². The third kappa shape index (κ3) is 5.49. The minimum Gasteiger partial charge on any atom is -0.493 e. The average Bonchev–Trinajstić information content (AvgIpc) is 2.64. The fraction of sp³-hybridized carbons (Fsp3) is 0.263. The summed E-state index contributed by atoms with van der Waals surface area (Å²) in [4.78, 5) is 23.3. The number of hydrogen-bond acceptors (Lipinski definition) is 5. The maximum Gasteiger partial charge on any atom is 0.255 e. The second-order valence-corrected chi connectivity index (χ2v) is 5.56. The smallest absolute Gasteiger partial charge is 0.255 e. The number of hydrogen-bond donors (Lipinski definition) is 3. The van der Waals surface area contributed by atoms with Crippen LogP contribution in [-0.4, -0.2) is 32.1 Å². The molecule has 2 aromatic rings. The Kier molecular flexibility index (Phi) is 6.99. The molecule has 0 spiro atoms. The largest absolute Gasteiger partial charge is 0.493 e. The van der Waals surface area contributed by atoms with Crippen LogP contribution in [0.2, 0.25) is 0 Å². The van der Waals surface area contributed by atoms with E-state index in [2.05, 4.69) is 10.6 Å². The van der Waals surface area contributed by atoms with E-state index in [0.717, 1.165) is 18.7 Å². The highest BCUT2D eigenvalue weighted by Crippen LogP contribution is 2.28. The van der Waals surface area contributed by atoms with Gasteiger partial charge >= 0.3 is 0 Å². The van der Waals surface area contributed by atoms with Gasteiger partial charge in [-0.3, -0.25) is 9.59 Å². The zero-order valence-corrected chi connectivity index (χ0v) is 14.9. The topological polar surface area (TPSA) is 103 Å². The minimum absolute atomic E-state index is 0.263. The molecule has 0 bridgehead atoms. The standard InChI is InChI=1S/C19H23N3O4/c1-3-21-11-13-5-4-6-15(9-13)22-19(24)14-7-8-16(17(10-14)25-2)26-12-18(20)23/h4-10,21H,3,11-12H2,1-2H3,(H2,20,23)(H,22,24). The lowest BCUT2D eigenvalue weighted by molar-refractivity contribution is -0.119. The van der Waals surface area contributed by atoms with Crippen molar-refractivity contribution in [2.45, 2.75) is 13.5 Å². The Morgan fingerprint density at radius 2 is 1.92 bits per heavy atom. The highest BCUT2D eigenvalue weighted by atomic mass is 16.5.